The van der Waals surface area contributed by atoms with E-state index < -0.39 is 131 Å². The number of carboxylic acids is 1. The van der Waals surface area contributed by atoms with E-state index >= 15 is 33.6 Å². The van der Waals surface area contributed by atoms with Gasteiger partial charge in [-0.15, -0.1) is 0 Å². The number of amides is 9. The number of carbonyl (C=O) groups excluding carboxylic acids is 9. The molecule has 9 amide bonds. The van der Waals surface area contributed by atoms with Gasteiger partial charge in [-0.1, -0.05) is 91.0 Å². The minimum Gasteiger partial charge on any atom is -0.480 e. The third-order valence-electron chi connectivity index (χ3n) is 21.5. The zero-order chi connectivity index (χ0) is 90.3. The van der Waals surface area contributed by atoms with Gasteiger partial charge in [-0.2, -0.15) is 0 Å². The Balaban J connectivity index is 0.962. The van der Waals surface area contributed by atoms with E-state index in [1.54, 1.807) is 104 Å². The van der Waals surface area contributed by atoms with Crippen molar-refractivity contribution in [3.05, 3.63) is 180 Å². The SMILES string of the molecule is N=C(N)NCCC[C@H](NC(=O)[C@H](CCCNC(=N)N)NC(=O)[C@H](Cc1c[nH]c2ccccc12)NC(=O)[C@H](Cc1c[nH]c2ccccc12)NC(=O)[C@H](CCCNC(=N)N)NC(=O)[C@H](CCCNC(=N)N)NC(=O)[C@H](Cc1c[nH]c2ccccc12)NC(=O)[C@H](Cc1c[nH]c2ccccc12)NC(=O)[C@H](CCCNC(=N)N)NC(=O)[C@@H](N)Cc1c[nH]c2ccccc12)C(=O)O. The Labute approximate surface area is 723 Å². The van der Waals surface area contributed by atoms with Crippen molar-refractivity contribution < 1.29 is 53.1 Å². The lowest BCUT2D eigenvalue weighted by atomic mass is 10.00. The Hall–Kier alpha value is -15.2. The Bertz CT molecular complexity index is 5520. The Morgan fingerprint density at radius 1 is 0.270 bits per heavy atom. The molecule has 0 saturated heterocycles. The molecule has 5 aromatic carbocycles. The molecule has 668 valence electrons. The van der Waals surface area contributed by atoms with Gasteiger partial charge in [0.25, 0.3) is 0 Å². The predicted octanol–water partition coefficient (Wildman–Crippen LogP) is -0.302. The summed E-state index contributed by atoms with van der Waals surface area (Å²) in [6, 6.07) is 21.3. The van der Waals surface area contributed by atoms with Crippen molar-refractivity contribution in [3.8, 4) is 0 Å². The van der Waals surface area contributed by atoms with Gasteiger partial charge in [-0.05, 0) is 129 Å². The maximum Gasteiger partial charge on any atom is 0.326 e. The number of carbonyl (C=O) groups is 10. The van der Waals surface area contributed by atoms with E-state index in [1.807, 2.05) is 48.5 Å². The van der Waals surface area contributed by atoms with E-state index in [0.717, 1.165) is 16.5 Å². The number of benzene rings is 5. The number of carboxylic acid groups (broad SMARTS) is 1. The smallest absolute Gasteiger partial charge is 0.326 e. The minimum absolute atomic E-state index is 0.00518. The summed E-state index contributed by atoms with van der Waals surface area (Å²) in [5.41, 5.74) is 41.1. The molecule has 41 nitrogen and oxygen atoms in total. The summed E-state index contributed by atoms with van der Waals surface area (Å²) < 4.78 is 0. The van der Waals surface area contributed by atoms with Gasteiger partial charge in [0.1, 0.15) is 54.4 Å². The fraction of sp³-hybridized carbons (Fsp3) is 0.353. The molecule has 0 saturated carbocycles. The van der Waals surface area contributed by atoms with Gasteiger partial charge in [-0.25, -0.2) is 4.79 Å². The highest BCUT2D eigenvalue weighted by Gasteiger charge is 2.38. The molecule has 10 atom stereocenters. The van der Waals surface area contributed by atoms with Gasteiger partial charge in [-0.3, -0.25) is 70.2 Å². The van der Waals surface area contributed by atoms with E-state index in [1.165, 1.54) is 0 Å². The number of nitrogens with one attached hydrogen (secondary N) is 24. The quantitative estimate of drug-likeness (QED) is 0.0132. The molecule has 0 fully saturated rings. The van der Waals surface area contributed by atoms with Crippen LogP contribution in [0.2, 0.25) is 0 Å². The molecule has 10 aromatic rings. The summed E-state index contributed by atoms with van der Waals surface area (Å²) in [6.07, 6.45) is 7.30. The van der Waals surface area contributed by atoms with Crippen molar-refractivity contribution >= 4 is 143 Å². The maximum atomic E-state index is 15.7. The third kappa shape index (κ3) is 27.2. The van der Waals surface area contributed by atoms with E-state index in [0.29, 0.717) is 65.9 Å². The molecule has 0 unspecified atom stereocenters. The zero-order valence-electron chi connectivity index (χ0n) is 69.3. The topological polar surface area (TPSA) is 714 Å². The zero-order valence-corrected chi connectivity index (χ0v) is 69.3. The molecule has 0 spiro atoms. The highest BCUT2D eigenvalue weighted by atomic mass is 16.4. The molecule has 0 aliphatic heterocycles. The lowest BCUT2D eigenvalue weighted by Gasteiger charge is -2.28. The highest BCUT2D eigenvalue weighted by Crippen LogP contribution is 2.26. The van der Waals surface area contributed by atoms with Crippen LogP contribution in [0.25, 0.3) is 54.5 Å². The van der Waals surface area contributed by atoms with Crippen LogP contribution < -0.4 is 109 Å². The molecule has 37 N–H and O–H groups in total. The number of aliphatic carboxylic acids is 1. The summed E-state index contributed by atoms with van der Waals surface area (Å²) in [7, 11) is 0. The van der Waals surface area contributed by atoms with Crippen LogP contribution in [0.1, 0.15) is 92.0 Å². The minimum atomic E-state index is -1.61. The van der Waals surface area contributed by atoms with Gasteiger partial charge in [0, 0.05) is 144 Å². The first-order chi connectivity index (χ1) is 60.5. The second kappa shape index (κ2) is 45.6. The number of aromatic nitrogens is 5. The molecule has 10 rings (SSSR count). The van der Waals surface area contributed by atoms with Gasteiger partial charge in [0.15, 0.2) is 29.8 Å². The van der Waals surface area contributed by atoms with Crippen LogP contribution in [0.15, 0.2) is 152 Å². The lowest BCUT2D eigenvalue weighted by Crippen LogP contribution is -2.61. The van der Waals surface area contributed by atoms with Crippen molar-refractivity contribution in [2.75, 3.05) is 32.7 Å². The fourth-order valence-corrected chi connectivity index (χ4v) is 15.0. The van der Waals surface area contributed by atoms with Crippen LogP contribution in [-0.2, 0) is 80.0 Å². The summed E-state index contributed by atoms with van der Waals surface area (Å²) in [4.78, 5) is 166. The maximum absolute atomic E-state index is 15.7. The van der Waals surface area contributed by atoms with Crippen molar-refractivity contribution in [2.45, 2.75) is 157 Å². The van der Waals surface area contributed by atoms with Crippen molar-refractivity contribution in [2.24, 2.45) is 34.4 Å². The molecule has 126 heavy (non-hydrogen) atoms. The molecular formula is C85H112N30O11. The first-order valence-electron chi connectivity index (χ1n) is 41.4. The molecule has 5 aromatic heterocycles. The normalized spacial score (nSPS) is 13.6. The fourth-order valence-electron chi connectivity index (χ4n) is 15.0. The van der Waals surface area contributed by atoms with Crippen LogP contribution in [0.5, 0.6) is 0 Å². The number of rotatable bonds is 49. The predicted molar refractivity (Wildman–Crippen MR) is 479 cm³/mol. The van der Waals surface area contributed by atoms with E-state index in [4.69, 9.17) is 61.4 Å². The number of hydrogen-bond donors (Lipinski definition) is 31. The number of hydrogen-bond acceptors (Lipinski definition) is 16. The average molecular weight is 1730 g/mol. The number of guanidine groups is 5. The number of nitrogens with two attached hydrogens (primary N) is 6. The van der Waals surface area contributed by atoms with Crippen LogP contribution in [0.4, 0.5) is 0 Å². The summed E-state index contributed by atoms with van der Waals surface area (Å²) in [5.74, 6) is -11.3. The largest absolute Gasteiger partial charge is 0.480 e. The number of H-pyrrole nitrogens is 5. The Kier molecular flexibility index (Phi) is 33.7. The lowest BCUT2D eigenvalue weighted by molar-refractivity contribution is -0.142. The van der Waals surface area contributed by atoms with Crippen molar-refractivity contribution in [1.82, 2.24) is 99.4 Å². The second-order valence-corrected chi connectivity index (χ2v) is 30.7. The summed E-state index contributed by atoms with van der Waals surface area (Å²) in [6.45, 7) is 0.260. The van der Waals surface area contributed by atoms with Gasteiger partial charge >= 0.3 is 5.97 Å². The molecule has 0 bridgehead atoms. The number of para-hydroxylation sites is 5. The van der Waals surface area contributed by atoms with Gasteiger partial charge in [0.2, 0.25) is 53.2 Å². The monoisotopic (exact) mass is 1730 g/mol. The van der Waals surface area contributed by atoms with E-state index in [-0.39, 0.29) is 147 Å². The van der Waals surface area contributed by atoms with E-state index in [9.17, 15) is 19.5 Å². The van der Waals surface area contributed by atoms with Crippen LogP contribution in [-0.4, -0.2) is 212 Å². The first-order valence-corrected chi connectivity index (χ1v) is 41.4. The number of aromatic amines is 5. The molecule has 0 radical (unpaired) electrons. The number of fused-ring (bicyclic) bond motifs is 5. The molecule has 41 heteroatoms. The average Bonchev–Trinajstić information content (AvgIpc) is 1.70. The van der Waals surface area contributed by atoms with Crippen LogP contribution >= 0.6 is 0 Å². The van der Waals surface area contributed by atoms with Gasteiger partial charge < -0.3 is 139 Å². The molecular weight excluding hydrogens is 1620 g/mol. The van der Waals surface area contributed by atoms with Crippen molar-refractivity contribution in [1.29, 1.82) is 27.0 Å². The van der Waals surface area contributed by atoms with Crippen LogP contribution in [0.3, 0.4) is 0 Å². The summed E-state index contributed by atoms with van der Waals surface area (Å²) >= 11 is 0. The Morgan fingerprint density at radius 3 is 0.675 bits per heavy atom. The van der Waals surface area contributed by atoms with E-state index in [2.05, 4.69) is 99.4 Å². The van der Waals surface area contributed by atoms with Crippen molar-refractivity contribution in [3.63, 3.8) is 0 Å². The second-order valence-electron chi connectivity index (χ2n) is 30.7. The first kappa shape index (κ1) is 93.1. The standard InChI is InChI=1S/C85H112N30O11/c86-56(36-46-41-102-57-21-6-1-16-51(46)57)71(116)107-62(26-11-31-97-81(87)88)74(119)112-69(39-49-44-105-60-24-9-4-19-54(49)60)78(123)114-67(37-47-42-103-58-22-7-2-17-52(47)58)76(121)109-63(27-12-32-98-82(89)90)72(117)108-65(29-14-34-100-84(93)94)75(120)113-70(40-50-45-106-61-25-10-5-20-55(50)61)79(124)115-68(38-48-43-104-59-23-8-3-18-53(48)59)77(122)110-64(28-13-33-99-83(91)92)73(118)111-66(80(125)126)30-15-35-101-85(95)96/h1-10,16-25,41-45,56,62-70,102-106H,11-15,26-40,86H2,(H,107,116)(H,108,117)(H,109,121)(H,110,122)(H,111,118)(H,112,119)(H,113,120)(H,114,123)(H,115,124)(H,125,126)(H4,87,88,97)(H4,89,90,98)(H4,91,92,99)(H4,93,94,100)(H4,95,96,101)/t56-,62-,63-,64-,65-,66-,67-,68-,69-,70-/m0/s1. The molecule has 5 heterocycles. The third-order valence-corrected chi connectivity index (χ3v) is 21.5. The highest BCUT2D eigenvalue weighted by molar-refractivity contribution is 6.01. The van der Waals surface area contributed by atoms with Gasteiger partial charge in [0.05, 0.1) is 6.04 Å². The molecule has 0 aliphatic rings. The molecule has 0 aliphatic carbocycles. The van der Waals surface area contributed by atoms with Crippen LogP contribution in [0, 0.1) is 27.0 Å². The Morgan fingerprint density at radius 2 is 0.452 bits per heavy atom. The summed E-state index contributed by atoms with van der Waals surface area (Å²) in [5, 5.41) is 91.2.